The Kier molecular flexibility index (Phi) is 5.52. The van der Waals surface area contributed by atoms with E-state index in [1.165, 1.54) is 6.42 Å². The highest BCUT2D eigenvalue weighted by Crippen LogP contribution is 2.17. The summed E-state index contributed by atoms with van der Waals surface area (Å²) < 4.78 is 0. The molecule has 2 aromatic rings. The molecule has 0 N–H and O–H groups in total. The maximum Gasteiger partial charge on any atom is 0.274 e. The third-order valence-corrected chi connectivity index (χ3v) is 5.81. The van der Waals surface area contributed by atoms with Crippen LogP contribution >= 0.6 is 0 Å². The fourth-order valence-electron chi connectivity index (χ4n) is 4.08. The van der Waals surface area contributed by atoms with Gasteiger partial charge in [0.1, 0.15) is 5.69 Å². The van der Waals surface area contributed by atoms with Gasteiger partial charge >= 0.3 is 0 Å². The molecule has 4 rings (SSSR count). The van der Waals surface area contributed by atoms with E-state index in [1.54, 1.807) is 6.20 Å². The minimum absolute atomic E-state index is 0.0890. The van der Waals surface area contributed by atoms with Crippen LogP contribution in [0.3, 0.4) is 0 Å². The highest BCUT2D eigenvalue weighted by molar-refractivity contribution is 5.93. The SMILES string of the molecule is CC1CCCCN1C(=O)CN1CCN(C(=O)c2cnc3ccccc3n2)CC1. The van der Waals surface area contributed by atoms with Crippen molar-refractivity contribution in [3.05, 3.63) is 36.2 Å². The van der Waals surface area contributed by atoms with Gasteiger partial charge in [0.15, 0.2) is 0 Å². The third-order valence-electron chi connectivity index (χ3n) is 5.81. The van der Waals surface area contributed by atoms with Crippen LogP contribution in [-0.2, 0) is 4.79 Å². The predicted octanol–water partition coefficient (Wildman–Crippen LogP) is 1.79. The molecule has 2 amide bonds. The number of aromatic nitrogens is 2. The van der Waals surface area contributed by atoms with Gasteiger partial charge in [0.2, 0.25) is 5.91 Å². The lowest BCUT2D eigenvalue weighted by Crippen LogP contribution is -2.53. The van der Waals surface area contributed by atoms with Crippen molar-refractivity contribution in [2.45, 2.75) is 32.2 Å². The van der Waals surface area contributed by atoms with Crippen molar-refractivity contribution in [2.75, 3.05) is 39.3 Å². The van der Waals surface area contributed by atoms with Gasteiger partial charge in [-0.1, -0.05) is 12.1 Å². The summed E-state index contributed by atoms with van der Waals surface area (Å²) in [5.41, 5.74) is 1.90. The van der Waals surface area contributed by atoms with Gasteiger partial charge in [-0.3, -0.25) is 19.5 Å². The Hall–Kier alpha value is -2.54. The molecule has 0 saturated carbocycles. The van der Waals surface area contributed by atoms with Crippen molar-refractivity contribution in [2.24, 2.45) is 0 Å². The Morgan fingerprint density at radius 1 is 1.04 bits per heavy atom. The summed E-state index contributed by atoms with van der Waals surface area (Å²) >= 11 is 0. The fourth-order valence-corrected chi connectivity index (χ4v) is 4.08. The molecule has 2 saturated heterocycles. The fraction of sp³-hybridized carbons (Fsp3) is 0.524. The lowest BCUT2D eigenvalue weighted by Gasteiger charge is -2.38. The van der Waals surface area contributed by atoms with Crippen LogP contribution in [0.15, 0.2) is 30.5 Å². The molecular weight excluding hydrogens is 354 g/mol. The topological polar surface area (TPSA) is 69.6 Å². The number of carbonyl (C=O) groups is 2. The largest absolute Gasteiger partial charge is 0.339 e. The molecule has 0 spiro atoms. The van der Waals surface area contributed by atoms with Crippen molar-refractivity contribution in [3.8, 4) is 0 Å². The quantitative estimate of drug-likeness (QED) is 0.811. The maximum absolute atomic E-state index is 12.8. The van der Waals surface area contributed by atoms with E-state index in [2.05, 4.69) is 21.8 Å². The van der Waals surface area contributed by atoms with Crippen molar-refractivity contribution < 1.29 is 9.59 Å². The van der Waals surface area contributed by atoms with Gasteiger partial charge < -0.3 is 9.80 Å². The average Bonchev–Trinajstić information content (AvgIpc) is 2.73. The molecule has 1 unspecified atom stereocenters. The van der Waals surface area contributed by atoms with Gasteiger partial charge in [-0.2, -0.15) is 0 Å². The van der Waals surface area contributed by atoms with Gasteiger partial charge in [0.05, 0.1) is 23.8 Å². The van der Waals surface area contributed by atoms with Crippen LogP contribution in [-0.4, -0.2) is 81.8 Å². The number of likely N-dealkylation sites (tertiary alicyclic amines) is 1. The number of piperidine rings is 1. The Morgan fingerprint density at radius 2 is 1.79 bits per heavy atom. The summed E-state index contributed by atoms with van der Waals surface area (Å²) in [6.45, 7) is 6.09. The van der Waals surface area contributed by atoms with Crippen LogP contribution in [0, 0.1) is 0 Å². The summed E-state index contributed by atoms with van der Waals surface area (Å²) in [4.78, 5) is 40.2. The monoisotopic (exact) mass is 381 g/mol. The van der Waals surface area contributed by atoms with Crippen LogP contribution < -0.4 is 0 Å². The van der Waals surface area contributed by atoms with E-state index in [0.717, 1.165) is 30.4 Å². The van der Waals surface area contributed by atoms with E-state index in [9.17, 15) is 9.59 Å². The lowest BCUT2D eigenvalue weighted by molar-refractivity contribution is -0.136. The molecule has 7 heteroatoms. The van der Waals surface area contributed by atoms with E-state index < -0.39 is 0 Å². The number of rotatable bonds is 3. The first-order chi connectivity index (χ1) is 13.6. The predicted molar refractivity (Wildman–Crippen MR) is 107 cm³/mol. The van der Waals surface area contributed by atoms with Crippen LogP contribution in [0.4, 0.5) is 0 Å². The van der Waals surface area contributed by atoms with Crippen LogP contribution in [0.2, 0.25) is 0 Å². The first-order valence-corrected chi connectivity index (χ1v) is 10.1. The number of hydrogen-bond donors (Lipinski definition) is 0. The summed E-state index contributed by atoms with van der Waals surface area (Å²) in [7, 11) is 0. The molecule has 1 aromatic heterocycles. The number of benzene rings is 1. The van der Waals surface area contributed by atoms with Gasteiger partial charge in [-0.05, 0) is 38.3 Å². The van der Waals surface area contributed by atoms with Crippen molar-refractivity contribution in [3.63, 3.8) is 0 Å². The highest BCUT2D eigenvalue weighted by atomic mass is 16.2. The molecule has 28 heavy (non-hydrogen) atoms. The van der Waals surface area contributed by atoms with E-state index in [4.69, 9.17) is 0 Å². The number of hydrogen-bond acceptors (Lipinski definition) is 5. The Balaban J connectivity index is 1.33. The average molecular weight is 381 g/mol. The molecule has 1 aromatic carbocycles. The number of para-hydroxylation sites is 2. The minimum atomic E-state index is -0.0890. The molecule has 7 nitrogen and oxygen atoms in total. The molecule has 0 aliphatic carbocycles. The van der Waals surface area contributed by atoms with Crippen LogP contribution in [0.5, 0.6) is 0 Å². The third kappa shape index (κ3) is 3.99. The second kappa shape index (κ2) is 8.22. The number of carbonyl (C=O) groups excluding carboxylic acids is 2. The molecule has 2 aliphatic heterocycles. The number of piperazine rings is 1. The zero-order valence-electron chi connectivity index (χ0n) is 16.4. The first-order valence-electron chi connectivity index (χ1n) is 10.1. The first kappa shape index (κ1) is 18.8. The molecule has 0 radical (unpaired) electrons. The summed E-state index contributed by atoms with van der Waals surface area (Å²) in [5, 5.41) is 0. The van der Waals surface area contributed by atoms with E-state index in [1.807, 2.05) is 34.1 Å². The van der Waals surface area contributed by atoms with Gasteiger partial charge in [-0.15, -0.1) is 0 Å². The maximum atomic E-state index is 12.8. The van der Waals surface area contributed by atoms with Crippen LogP contribution in [0.25, 0.3) is 11.0 Å². The van der Waals surface area contributed by atoms with E-state index >= 15 is 0 Å². The van der Waals surface area contributed by atoms with Crippen molar-refractivity contribution in [1.29, 1.82) is 0 Å². The summed E-state index contributed by atoms with van der Waals surface area (Å²) in [6, 6.07) is 7.89. The zero-order valence-corrected chi connectivity index (χ0v) is 16.4. The molecule has 0 bridgehead atoms. The molecular formula is C21H27N5O2. The molecule has 148 valence electrons. The zero-order chi connectivity index (χ0) is 19.5. The number of fused-ring (bicyclic) bond motifs is 1. The number of amides is 2. The summed E-state index contributed by atoms with van der Waals surface area (Å²) in [5.74, 6) is 0.126. The highest BCUT2D eigenvalue weighted by Gasteiger charge is 2.28. The van der Waals surface area contributed by atoms with Gasteiger partial charge in [0.25, 0.3) is 5.91 Å². The van der Waals surface area contributed by atoms with Gasteiger partial charge in [-0.25, -0.2) is 4.98 Å². The minimum Gasteiger partial charge on any atom is -0.339 e. The normalized spacial score (nSPS) is 21.1. The molecule has 2 fully saturated rings. The summed E-state index contributed by atoms with van der Waals surface area (Å²) in [6.07, 6.45) is 4.97. The Labute approximate surface area is 165 Å². The van der Waals surface area contributed by atoms with Crippen molar-refractivity contribution in [1.82, 2.24) is 24.7 Å². The Bertz CT molecular complexity index is 863. The van der Waals surface area contributed by atoms with E-state index in [-0.39, 0.29) is 11.8 Å². The molecule has 3 heterocycles. The van der Waals surface area contributed by atoms with Gasteiger partial charge in [0, 0.05) is 38.8 Å². The standard InChI is InChI=1S/C21H27N5O2/c1-16-6-4-5-9-26(16)20(27)15-24-10-12-25(13-11-24)21(28)19-14-22-17-7-2-3-8-18(17)23-19/h2-3,7-8,14,16H,4-6,9-13,15H2,1H3. The van der Waals surface area contributed by atoms with Crippen molar-refractivity contribution >= 4 is 22.8 Å². The molecule has 2 aliphatic rings. The number of nitrogens with zero attached hydrogens (tertiary/aromatic N) is 5. The van der Waals surface area contributed by atoms with Crippen LogP contribution in [0.1, 0.15) is 36.7 Å². The smallest absolute Gasteiger partial charge is 0.274 e. The second-order valence-corrected chi connectivity index (χ2v) is 7.74. The van der Waals surface area contributed by atoms with E-state index in [0.29, 0.717) is 44.5 Å². The second-order valence-electron chi connectivity index (χ2n) is 7.74. The Morgan fingerprint density at radius 3 is 2.54 bits per heavy atom. The molecule has 1 atom stereocenters. The lowest BCUT2D eigenvalue weighted by atomic mass is 10.0.